The molecule has 2 aliphatic heterocycles. The van der Waals surface area contributed by atoms with Gasteiger partial charge >= 0.3 is 0 Å². The first-order valence-corrected chi connectivity index (χ1v) is 13.2. The number of hydrogen-bond acceptors (Lipinski definition) is 4. The predicted octanol–water partition coefficient (Wildman–Crippen LogP) is 5.19. The number of rotatable bonds is 7. The number of carbonyl (C=O) groups excluding carboxylic acids is 2. The highest BCUT2D eigenvalue weighted by molar-refractivity contribution is 8.00. The van der Waals surface area contributed by atoms with Gasteiger partial charge in [-0.1, -0.05) is 60.7 Å². The second-order valence-electron chi connectivity index (χ2n) is 9.00. The summed E-state index contributed by atoms with van der Waals surface area (Å²) in [5.41, 5.74) is 4.08. The Balaban J connectivity index is 1.15. The van der Waals surface area contributed by atoms with E-state index in [4.69, 9.17) is 4.74 Å². The Labute approximate surface area is 211 Å². The number of benzene rings is 3. The van der Waals surface area contributed by atoms with Crippen LogP contribution in [0.15, 0.2) is 83.8 Å². The largest absolute Gasteiger partial charge is 0.373 e. The van der Waals surface area contributed by atoms with Crippen LogP contribution in [0.2, 0.25) is 0 Å². The highest BCUT2D eigenvalue weighted by Crippen LogP contribution is 2.30. The van der Waals surface area contributed by atoms with Gasteiger partial charge in [-0.3, -0.25) is 9.59 Å². The van der Waals surface area contributed by atoms with Gasteiger partial charge in [0, 0.05) is 30.2 Å². The number of ether oxygens (including phenoxy) is 1. The van der Waals surface area contributed by atoms with Crippen LogP contribution in [0.25, 0.3) is 0 Å². The van der Waals surface area contributed by atoms with Crippen molar-refractivity contribution in [2.24, 2.45) is 0 Å². The molecule has 5 rings (SSSR count). The number of para-hydroxylation sites is 1. The number of piperidine rings is 1. The van der Waals surface area contributed by atoms with E-state index in [1.807, 2.05) is 70.5 Å². The van der Waals surface area contributed by atoms with E-state index in [1.165, 1.54) is 22.9 Å². The van der Waals surface area contributed by atoms with Gasteiger partial charge in [-0.2, -0.15) is 0 Å². The lowest BCUT2D eigenvalue weighted by Gasteiger charge is -2.32. The van der Waals surface area contributed by atoms with Crippen LogP contribution in [0.3, 0.4) is 0 Å². The fourth-order valence-electron chi connectivity index (χ4n) is 4.77. The van der Waals surface area contributed by atoms with E-state index in [0.29, 0.717) is 31.0 Å². The van der Waals surface area contributed by atoms with Crippen LogP contribution in [0.4, 0.5) is 5.69 Å². The first-order chi connectivity index (χ1) is 17.2. The monoisotopic (exact) mass is 486 g/mol. The lowest BCUT2D eigenvalue weighted by molar-refractivity contribution is -0.116. The molecular weight excluding hydrogens is 456 g/mol. The van der Waals surface area contributed by atoms with Crippen LogP contribution >= 0.6 is 11.8 Å². The maximum Gasteiger partial charge on any atom is 0.254 e. The molecule has 5 nitrogen and oxygen atoms in total. The molecule has 0 radical (unpaired) electrons. The molecule has 0 atom stereocenters. The van der Waals surface area contributed by atoms with Crippen molar-refractivity contribution < 1.29 is 14.3 Å². The van der Waals surface area contributed by atoms with Gasteiger partial charge in [-0.25, -0.2) is 0 Å². The summed E-state index contributed by atoms with van der Waals surface area (Å²) in [6, 6.07) is 25.9. The molecule has 6 heteroatoms. The third-order valence-corrected chi connectivity index (χ3v) is 7.77. The minimum Gasteiger partial charge on any atom is -0.373 e. The Morgan fingerprint density at radius 1 is 0.857 bits per heavy atom. The Morgan fingerprint density at radius 2 is 1.57 bits per heavy atom. The van der Waals surface area contributed by atoms with E-state index in [1.54, 1.807) is 0 Å². The number of fused-ring (bicyclic) bond motifs is 1. The Bertz CT molecular complexity index is 1180. The third kappa shape index (κ3) is 5.60. The van der Waals surface area contributed by atoms with Crippen LogP contribution < -0.4 is 4.90 Å². The van der Waals surface area contributed by atoms with E-state index in [-0.39, 0.29) is 17.9 Å². The minimum absolute atomic E-state index is 0.0357. The highest BCUT2D eigenvalue weighted by Gasteiger charge is 2.27. The van der Waals surface area contributed by atoms with Crippen LogP contribution in [0.5, 0.6) is 0 Å². The van der Waals surface area contributed by atoms with Crippen LogP contribution in [0.1, 0.15) is 34.3 Å². The van der Waals surface area contributed by atoms with Gasteiger partial charge in [-0.05, 0) is 48.6 Å². The molecule has 0 unspecified atom stereocenters. The van der Waals surface area contributed by atoms with Crippen molar-refractivity contribution in [3.8, 4) is 0 Å². The lowest BCUT2D eigenvalue weighted by atomic mass is 10.1. The molecular formula is C29H30N2O3S. The van der Waals surface area contributed by atoms with E-state index in [9.17, 15) is 9.59 Å². The van der Waals surface area contributed by atoms with Crippen molar-refractivity contribution in [2.45, 2.75) is 36.9 Å². The van der Waals surface area contributed by atoms with Crippen LogP contribution in [-0.4, -0.2) is 48.2 Å². The van der Waals surface area contributed by atoms with Gasteiger partial charge in [0.05, 0.1) is 24.0 Å². The fraction of sp³-hybridized carbons (Fsp3) is 0.310. The molecule has 0 aromatic heterocycles. The fourth-order valence-corrected chi connectivity index (χ4v) is 5.69. The maximum absolute atomic E-state index is 13.3. The molecule has 1 fully saturated rings. The topological polar surface area (TPSA) is 49.9 Å². The summed E-state index contributed by atoms with van der Waals surface area (Å²) >= 11 is 1.45. The van der Waals surface area contributed by atoms with Crippen LogP contribution in [-0.2, 0) is 22.6 Å². The zero-order valence-electron chi connectivity index (χ0n) is 19.8. The van der Waals surface area contributed by atoms with Crippen molar-refractivity contribution >= 4 is 29.3 Å². The smallest absolute Gasteiger partial charge is 0.254 e. The molecule has 0 aliphatic carbocycles. The molecule has 3 aromatic rings. The SMILES string of the molecule is O=C(c1ccccc1SCC(=O)N1CCc2ccccc21)N1CCC(OCc2ccccc2)CC1. The number of nitrogens with zero attached hydrogens (tertiary/aromatic N) is 2. The predicted molar refractivity (Wildman–Crippen MR) is 140 cm³/mol. The quantitative estimate of drug-likeness (QED) is 0.431. The van der Waals surface area contributed by atoms with Gasteiger partial charge in [0.25, 0.3) is 5.91 Å². The first kappa shape index (κ1) is 23.6. The van der Waals surface area contributed by atoms with Crippen molar-refractivity contribution in [3.63, 3.8) is 0 Å². The van der Waals surface area contributed by atoms with Gasteiger partial charge in [0.2, 0.25) is 5.91 Å². The van der Waals surface area contributed by atoms with Crippen molar-refractivity contribution in [1.29, 1.82) is 0 Å². The van der Waals surface area contributed by atoms with Crippen molar-refractivity contribution in [2.75, 3.05) is 30.3 Å². The van der Waals surface area contributed by atoms with Gasteiger partial charge in [0.15, 0.2) is 0 Å². The summed E-state index contributed by atoms with van der Waals surface area (Å²) in [6.45, 7) is 2.69. The molecule has 2 aliphatic rings. The zero-order valence-corrected chi connectivity index (χ0v) is 20.6. The van der Waals surface area contributed by atoms with Crippen molar-refractivity contribution in [3.05, 3.63) is 95.6 Å². The summed E-state index contributed by atoms with van der Waals surface area (Å²) in [7, 11) is 0. The standard InChI is InChI=1S/C29H30N2O3S/c32-28(31-19-14-23-10-4-6-12-26(23)31)21-35-27-13-7-5-11-25(27)29(33)30-17-15-24(16-18-30)34-20-22-8-2-1-3-9-22/h1-13,24H,14-21H2. The summed E-state index contributed by atoms with van der Waals surface area (Å²) in [5.74, 6) is 0.431. The van der Waals surface area contributed by atoms with E-state index < -0.39 is 0 Å². The Morgan fingerprint density at radius 3 is 2.40 bits per heavy atom. The number of anilines is 1. The van der Waals surface area contributed by atoms with Crippen molar-refractivity contribution in [1.82, 2.24) is 4.90 Å². The number of likely N-dealkylation sites (tertiary alicyclic amines) is 1. The number of carbonyl (C=O) groups is 2. The average Bonchev–Trinajstić information content (AvgIpc) is 3.36. The molecule has 2 amide bonds. The first-order valence-electron chi connectivity index (χ1n) is 12.2. The molecule has 0 spiro atoms. The zero-order chi connectivity index (χ0) is 24.0. The summed E-state index contributed by atoms with van der Waals surface area (Å²) in [5, 5.41) is 0. The minimum atomic E-state index is 0.0357. The second-order valence-corrected chi connectivity index (χ2v) is 10.0. The Kier molecular flexibility index (Phi) is 7.50. The Hall–Kier alpha value is -3.09. The molecule has 180 valence electrons. The molecule has 3 aromatic carbocycles. The number of amides is 2. The molecule has 35 heavy (non-hydrogen) atoms. The van der Waals surface area contributed by atoms with E-state index >= 15 is 0 Å². The summed E-state index contributed by atoms with van der Waals surface area (Å²) < 4.78 is 6.08. The normalized spacial score (nSPS) is 15.8. The molecule has 1 saturated heterocycles. The summed E-state index contributed by atoms with van der Waals surface area (Å²) in [6.07, 6.45) is 2.73. The number of hydrogen-bond donors (Lipinski definition) is 0. The molecule has 2 heterocycles. The average molecular weight is 487 g/mol. The molecule has 0 bridgehead atoms. The van der Waals surface area contributed by atoms with Gasteiger partial charge in [0.1, 0.15) is 0 Å². The van der Waals surface area contributed by atoms with Crippen LogP contribution in [0, 0.1) is 0 Å². The van der Waals surface area contributed by atoms with Gasteiger partial charge in [-0.15, -0.1) is 11.8 Å². The number of thioether (sulfide) groups is 1. The molecule has 0 N–H and O–H groups in total. The van der Waals surface area contributed by atoms with Gasteiger partial charge < -0.3 is 14.5 Å². The lowest BCUT2D eigenvalue weighted by Crippen LogP contribution is -2.41. The van der Waals surface area contributed by atoms with E-state index in [2.05, 4.69) is 18.2 Å². The second kappa shape index (κ2) is 11.1. The summed E-state index contributed by atoms with van der Waals surface area (Å²) in [4.78, 5) is 31.0. The third-order valence-electron chi connectivity index (χ3n) is 6.71. The maximum atomic E-state index is 13.3. The van der Waals surface area contributed by atoms with E-state index in [0.717, 1.165) is 36.4 Å². The highest BCUT2D eigenvalue weighted by atomic mass is 32.2. The molecule has 0 saturated carbocycles.